The fourth-order valence-electron chi connectivity index (χ4n) is 3.05. The van der Waals surface area contributed by atoms with Crippen molar-refractivity contribution in [1.82, 2.24) is 24.9 Å². The van der Waals surface area contributed by atoms with Crippen LogP contribution in [0.4, 0.5) is 0 Å². The second kappa shape index (κ2) is 8.64. The lowest BCUT2D eigenvalue weighted by Crippen LogP contribution is -2.29. The zero-order valence-electron chi connectivity index (χ0n) is 16.1. The van der Waals surface area contributed by atoms with Crippen LogP contribution >= 0.6 is 11.8 Å². The number of benzene rings is 2. The third-order valence-corrected chi connectivity index (χ3v) is 7.28. The Hall–Kier alpha value is -2.23. The predicted molar refractivity (Wildman–Crippen MR) is 112 cm³/mol. The van der Waals surface area contributed by atoms with Gasteiger partial charge in [0.1, 0.15) is 0 Å². The van der Waals surface area contributed by atoms with Gasteiger partial charge in [-0.15, -0.1) is 5.10 Å². The number of thioether (sulfide) groups is 1. The number of hydrogen-bond acceptors (Lipinski definition) is 6. The lowest BCUT2D eigenvalue weighted by atomic mass is 10.1. The first kappa shape index (κ1) is 20.1. The molecule has 1 heterocycles. The first-order valence-corrected chi connectivity index (χ1v) is 12.0. The highest BCUT2D eigenvalue weighted by molar-refractivity contribution is 7.99. The van der Waals surface area contributed by atoms with Crippen LogP contribution in [0.3, 0.4) is 0 Å². The molecule has 0 bridgehead atoms. The van der Waals surface area contributed by atoms with Gasteiger partial charge < -0.3 is 0 Å². The normalized spacial score (nSPS) is 15.3. The summed E-state index contributed by atoms with van der Waals surface area (Å²) in [6, 6.07) is 16.6. The van der Waals surface area contributed by atoms with Crippen molar-refractivity contribution in [3.8, 4) is 0 Å². The van der Waals surface area contributed by atoms with Crippen LogP contribution in [-0.4, -0.2) is 34.4 Å². The average molecular weight is 430 g/mol. The molecule has 3 aromatic rings. The van der Waals surface area contributed by atoms with Crippen LogP contribution in [0.25, 0.3) is 0 Å². The molecule has 0 aliphatic heterocycles. The maximum absolute atomic E-state index is 12.9. The van der Waals surface area contributed by atoms with E-state index in [9.17, 15) is 8.42 Å². The van der Waals surface area contributed by atoms with Gasteiger partial charge in [0.15, 0.2) is 0 Å². The van der Waals surface area contributed by atoms with E-state index in [0.29, 0.717) is 18.2 Å². The van der Waals surface area contributed by atoms with Gasteiger partial charge in [-0.3, -0.25) is 0 Å². The van der Waals surface area contributed by atoms with Gasteiger partial charge in [0.05, 0.1) is 10.9 Å². The fraction of sp³-hybridized carbons (Fsp3) is 0.350. The maximum Gasteiger partial charge on any atom is 0.241 e. The smallest absolute Gasteiger partial charge is 0.217 e. The molecule has 1 N–H and O–H groups in total. The Bertz CT molecular complexity index is 1050. The Balaban J connectivity index is 1.48. The third kappa shape index (κ3) is 5.04. The van der Waals surface area contributed by atoms with E-state index in [1.54, 1.807) is 36.0 Å². The topological polar surface area (TPSA) is 89.8 Å². The molecule has 9 heteroatoms. The summed E-state index contributed by atoms with van der Waals surface area (Å²) in [5, 5.41) is 12.7. The fourth-order valence-corrected chi connectivity index (χ4v) is 5.26. The van der Waals surface area contributed by atoms with Crippen molar-refractivity contribution in [3.05, 3.63) is 65.7 Å². The molecule has 4 rings (SSSR count). The second-order valence-corrected chi connectivity index (χ2v) is 9.95. The number of rotatable bonds is 9. The van der Waals surface area contributed by atoms with Crippen molar-refractivity contribution in [3.63, 3.8) is 0 Å². The molecule has 1 aliphatic rings. The van der Waals surface area contributed by atoms with Crippen LogP contribution in [0, 0.1) is 6.92 Å². The molecule has 7 nitrogen and oxygen atoms in total. The molecule has 1 saturated carbocycles. The molecule has 0 spiro atoms. The Labute approximate surface area is 175 Å². The summed E-state index contributed by atoms with van der Waals surface area (Å²) in [5.74, 6) is 0.697. The van der Waals surface area contributed by atoms with E-state index >= 15 is 0 Å². The van der Waals surface area contributed by atoms with E-state index in [0.717, 1.165) is 29.1 Å². The number of tetrazole rings is 1. The predicted octanol–water partition coefficient (Wildman–Crippen LogP) is 3.52. The van der Waals surface area contributed by atoms with E-state index < -0.39 is 10.0 Å². The molecule has 152 valence electrons. The number of nitrogens with zero attached hydrogens (tertiary/aromatic N) is 4. The number of aryl methyl sites for hydroxylation is 1. The minimum Gasteiger partial charge on any atom is -0.217 e. The summed E-state index contributed by atoms with van der Waals surface area (Å²) in [5.41, 5.74) is 1.96. The summed E-state index contributed by atoms with van der Waals surface area (Å²) in [7, 11) is -3.63. The van der Waals surface area contributed by atoms with E-state index in [-0.39, 0.29) is 10.9 Å². The van der Waals surface area contributed by atoms with Crippen LogP contribution < -0.4 is 4.72 Å². The first-order valence-electron chi connectivity index (χ1n) is 9.57. The molecule has 0 radical (unpaired) electrons. The van der Waals surface area contributed by atoms with Gasteiger partial charge in [-0.2, -0.15) is 0 Å². The summed E-state index contributed by atoms with van der Waals surface area (Å²) in [6.07, 6.45) is 2.85. The zero-order chi connectivity index (χ0) is 20.3. The molecule has 0 amide bonds. The van der Waals surface area contributed by atoms with Gasteiger partial charge in [-0.1, -0.05) is 59.8 Å². The first-order chi connectivity index (χ1) is 14.0. The molecule has 1 aromatic heterocycles. The largest absolute Gasteiger partial charge is 0.241 e. The van der Waals surface area contributed by atoms with Crippen molar-refractivity contribution in [1.29, 1.82) is 0 Å². The SMILES string of the molecule is Cc1ccc(S(=O)(=O)N[C@H](CCSc2nnnn2C2CC2)c2ccccc2)cc1. The molecule has 0 unspecified atom stereocenters. The Morgan fingerprint density at radius 3 is 2.55 bits per heavy atom. The monoisotopic (exact) mass is 429 g/mol. The summed E-state index contributed by atoms with van der Waals surface area (Å²) < 4.78 is 30.6. The van der Waals surface area contributed by atoms with Crippen LogP contribution in [0.2, 0.25) is 0 Å². The highest BCUT2D eigenvalue weighted by Crippen LogP contribution is 2.36. The number of hydrogen-bond donors (Lipinski definition) is 1. The molecule has 2 aromatic carbocycles. The molecule has 1 fully saturated rings. The summed E-state index contributed by atoms with van der Waals surface area (Å²) in [4.78, 5) is 0.273. The van der Waals surface area contributed by atoms with Gasteiger partial charge in [0.25, 0.3) is 0 Å². The highest BCUT2D eigenvalue weighted by Gasteiger charge is 2.28. The maximum atomic E-state index is 12.9. The zero-order valence-corrected chi connectivity index (χ0v) is 17.7. The Kier molecular flexibility index (Phi) is 5.98. The summed E-state index contributed by atoms with van der Waals surface area (Å²) in [6.45, 7) is 1.93. The number of sulfonamides is 1. The van der Waals surface area contributed by atoms with Gasteiger partial charge in [0.2, 0.25) is 15.2 Å². The highest BCUT2D eigenvalue weighted by atomic mass is 32.2. The minimum absolute atomic E-state index is 0.273. The van der Waals surface area contributed by atoms with Gasteiger partial charge in [0, 0.05) is 11.8 Å². The molecule has 0 saturated heterocycles. The summed E-state index contributed by atoms with van der Waals surface area (Å²) >= 11 is 1.56. The number of aromatic nitrogens is 4. The van der Waals surface area contributed by atoms with E-state index in [1.165, 1.54) is 0 Å². The standard InChI is InChI=1S/C20H23N5O2S2/c1-15-7-11-18(12-8-15)29(26,27)22-19(16-5-3-2-4-6-16)13-14-28-20-21-23-24-25(20)17-9-10-17/h2-8,11-12,17,19,22H,9-10,13-14H2,1H3/t19-/m1/s1. The molecular weight excluding hydrogens is 406 g/mol. The van der Waals surface area contributed by atoms with E-state index in [4.69, 9.17) is 0 Å². The van der Waals surface area contributed by atoms with Gasteiger partial charge in [-0.25, -0.2) is 17.8 Å². The average Bonchev–Trinajstić information content (AvgIpc) is 3.46. The molecule has 29 heavy (non-hydrogen) atoms. The molecule has 1 aliphatic carbocycles. The number of nitrogens with one attached hydrogen (secondary N) is 1. The second-order valence-electron chi connectivity index (χ2n) is 7.17. The van der Waals surface area contributed by atoms with Crippen LogP contribution in [0.15, 0.2) is 64.6 Å². The van der Waals surface area contributed by atoms with Crippen LogP contribution in [0.1, 0.15) is 42.5 Å². The van der Waals surface area contributed by atoms with E-state index in [1.807, 2.05) is 41.9 Å². The lowest BCUT2D eigenvalue weighted by molar-refractivity contribution is 0.550. The molecular formula is C20H23N5O2S2. The van der Waals surface area contributed by atoms with Crippen molar-refractivity contribution in [2.45, 2.75) is 48.3 Å². The van der Waals surface area contributed by atoms with Crippen LogP contribution in [-0.2, 0) is 10.0 Å². The van der Waals surface area contributed by atoms with Crippen molar-refractivity contribution in [2.24, 2.45) is 0 Å². The van der Waals surface area contributed by atoms with Crippen molar-refractivity contribution < 1.29 is 8.42 Å². The van der Waals surface area contributed by atoms with Gasteiger partial charge in [-0.05, 0) is 54.3 Å². The van der Waals surface area contributed by atoms with E-state index in [2.05, 4.69) is 20.2 Å². The van der Waals surface area contributed by atoms with Crippen molar-refractivity contribution >= 4 is 21.8 Å². The molecule has 1 atom stereocenters. The van der Waals surface area contributed by atoms with Crippen LogP contribution in [0.5, 0.6) is 0 Å². The lowest BCUT2D eigenvalue weighted by Gasteiger charge is -2.19. The Morgan fingerprint density at radius 1 is 1.14 bits per heavy atom. The van der Waals surface area contributed by atoms with Gasteiger partial charge >= 0.3 is 0 Å². The minimum atomic E-state index is -3.63. The quantitative estimate of drug-likeness (QED) is 0.524. The Morgan fingerprint density at radius 2 is 1.86 bits per heavy atom. The van der Waals surface area contributed by atoms with Crippen molar-refractivity contribution in [2.75, 3.05) is 5.75 Å². The third-order valence-electron chi connectivity index (χ3n) is 4.82.